The maximum absolute atomic E-state index is 13.7. The predicted octanol–water partition coefficient (Wildman–Crippen LogP) is 3.22. The number of para-hydroxylation sites is 1. The summed E-state index contributed by atoms with van der Waals surface area (Å²) in [6.45, 7) is 5.02. The molecule has 0 bridgehead atoms. The van der Waals surface area contributed by atoms with Crippen LogP contribution in [0, 0.1) is 12.7 Å². The SMILES string of the molecule is CCC(C)n1c(=O)c2ccccc2n(CC(=O)Nc2ccc(C)c(F)c2)c1=O. The first-order valence-electron chi connectivity index (χ1n) is 9.13. The van der Waals surface area contributed by atoms with Gasteiger partial charge in [-0.3, -0.25) is 18.7 Å². The highest BCUT2D eigenvalue weighted by Crippen LogP contribution is 2.14. The Morgan fingerprint density at radius 1 is 1.18 bits per heavy atom. The van der Waals surface area contributed by atoms with Gasteiger partial charge in [-0.2, -0.15) is 0 Å². The van der Waals surface area contributed by atoms with Crippen LogP contribution in [-0.4, -0.2) is 15.0 Å². The Bertz CT molecular complexity index is 1160. The summed E-state index contributed by atoms with van der Waals surface area (Å²) in [5, 5.41) is 2.97. The molecule has 1 amide bonds. The van der Waals surface area contributed by atoms with E-state index in [1.165, 1.54) is 15.2 Å². The molecule has 7 heteroatoms. The smallest absolute Gasteiger partial charge is 0.324 e. The van der Waals surface area contributed by atoms with Crippen LogP contribution in [0.25, 0.3) is 10.9 Å². The molecule has 0 aliphatic carbocycles. The van der Waals surface area contributed by atoms with E-state index in [1.54, 1.807) is 50.2 Å². The standard InChI is InChI=1S/C21H22FN3O3/c1-4-14(3)25-20(27)16-7-5-6-8-18(16)24(21(25)28)12-19(26)23-15-10-9-13(2)17(22)11-15/h5-11,14H,4,12H2,1-3H3,(H,23,26). The summed E-state index contributed by atoms with van der Waals surface area (Å²) < 4.78 is 16.2. The number of rotatable bonds is 5. The number of nitrogens with one attached hydrogen (secondary N) is 1. The van der Waals surface area contributed by atoms with Gasteiger partial charge in [0.25, 0.3) is 5.56 Å². The van der Waals surface area contributed by atoms with E-state index < -0.39 is 17.4 Å². The molecule has 3 rings (SSSR count). The Morgan fingerprint density at radius 2 is 1.89 bits per heavy atom. The number of hydrogen-bond donors (Lipinski definition) is 1. The average Bonchev–Trinajstić information content (AvgIpc) is 2.68. The molecular formula is C21H22FN3O3. The number of carbonyl (C=O) groups excluding carboxylic acids is 1. The number of fused-ring (bicyclic) bond motifs is 1. The van der Waals surface area contributed by atoms with Crippen LogP contribution in [0.1, 0.15) is 31.9 Å². The number of anilines is 1. The Balaban J connectivity index is 2.04. The predicted molar refractivity (Wildman–Crippen MR) is 107 cm³/mol. The fraction of sp³-hybridized carbons (Fsp3) is 0.286. The average molecular weight is 383 g/mol. The van der Waals surface area contributed by atoms with Crippen LogP contribution in [0.2, 0.25) is 0 Å². The number of nitrogens with zero attached hydrogens (tertiary/aromatic N) is 2. The molecule has 146 valence electrons. The van der Waals surface area contributed by atoms with Gasteiger partial charge in [-0.25, -0.2) is 9.18 Å². The Labute approximate surface area is 161 Å². The molecule has 0 aliphatic rings. The molecule has 2 aromatic carbocycles. The molecule has 6 nitrogen and oxygen atoms in total. The molecule has 1 atom stereocenters. The second kappa shape index (κ2) is 7.80. The molecule has 0 spiro atoms. The van der Waals surface area contributed by atoms with Crippen molar-refractivity contribution in [3.63, 3.8) is 0 Å². The van der Waals surface area contributed by atoms with Crippen LogP contribution in [0.5, 0.6) is 0 Å². The lowest BCUT2D eigenvalue weighted by molar-refractivity contribution is -0.116. The first kappa shape index (κ1) is 19.5. The molecule has 28 heavy (non-hydrogen) atoms. The normalized spacial score (nSPS) is 12.1. The molecule has 1 N–H and O–H groups in total. The maximum Gasteiger partial charge on any atom is 0.332 e. The molecule has 0 saturated carbocycles. The molecule has 0 fully saturated rings. The molecule has 1 aromatic heterocycles. The van der Waals surface area contributed by atoms with Gasteiger partial charge < -0.3 is 5.32 Å². The monoisotopic (exact) mass is 383 g/mol. The number of benzene rings is 2. The number of aryl methyl sites for hydroxylation is 1. The molecule has 0 saturated heterocycles. The lowest BCUT2D eigenvalue weighted by Crippen LogP contribution is -2.43. The van der Waals surface area contributed by atoms with Crippen molar-refractivity contribution >= 4 is 22.5 Å². The highest BCUT2D eigenvalue weighted by atomic mass is 19.1. The van der Waals surface area contributed by atoms with Gasteiger partial charge in [0.15, 0.2) is 0 Å². The van der Waals surface area contributed by atoms with Gasteiger partial charge in [0.2, 0.25) is 5.91 Å². The van der Waals surface area contributed by atoms with Crippen molar-refractivity contribution in [1.82, 2.24) is 9.13 Å². The third-order valence-corrected chi connectivity index (χ3v) is 4.87. The summed E-state index contributed by atoms with van der Waals surface area (Å²) in [4.78, 5) is 38.3. The minimum atomic E-state index is -0.539. The van der Waals surface area contributed by atoms with E-state index in [2.05, 4.69) is 5.32 Å². The van der Waals surface area contributed by atoms with Crippen LogP contribution in [-0.2, 0) is 11.3 Å². The zero-order valence-corrected chi connectivity index (χ0v) is 16.0. The van der Waals surface area contributed by atoms with Gasteiger partial charge in [0, 0.05) is 11.7 Å². The number of hydrogen-bond acceptors (Lipinski definition) is 3. The molecule has 1 unspecified atom stereocenters. The second-order valence-electron chi connectivity index (χ2n) is 6.83. The van der Waals surface area contributed by atoms with Gasteiger partial charge >= 0.3 is 5.69 Å². The summed E-state index contributed by atoms with van der Waals surface area (Å²) >= 11 is 0. The fourth-order valence-corrected chi connectivity index (χ4v) is 3.08. The topological polar surface area (TPSA) is 73.1 Å². The van der Waals surface area contributed by atoms with Gasteiger partial charge in [-0.05, 0) is 50.1 Å². The van der Waals surface area contributed by atoms with Crippen LogP contribution in [0.3, 0.4) is 0 Å². The van der Waals surface area contributed by atoms with Crippen molar-refractivity contribution in [2.45, 2.75) is 39.8 Å². The van der Waals surface area contributed by atoms with Crippen molar-refractivity contribution in [2.75, 3.05) is 5.32 Å². The minimum absolute atomic E-state index is 0.286. The second-order valence-corrected chi connectivity index (χ2v) is 6.83. The number of amides is 1. The highest BCUT2D eigenvalue weighted by molar-refractivity contribution is 5.91. The van der Waals surface area contributed by atoms with Gasteiger partial charge in [0.1, 0.15) is 12.4 Å². The quantitative estimate of drug-likeness (QED) is 0.735. The number of aromatic nitrogens is 2. The van der Waals surface area contributed by atoms with Crippen molar-refractivity contribution in [3.05, 3.63) is 74.7 Å². The zero-order chi connectivity index (χ0) is 20.4. The molecule has 0 aliphatic heterocycles. The Hall–Kier alpha value is -3.22. The van der Waals surface area contributed by atoms with Crippen molar-refractivity contribution in [2.24, 2.45) is 0 Å². The highest BCUT2D eigenvalue weighted by Gasteiger charge is 2.18. The summed E-state index contributed by atoms with van der Waals surface area (Å²) in [5.41, 5.74) is 0.263. The molecule has 1 heterocycles. The molecule has 0 radical (unpaired) electrons. The fourth-order valence-electron chi connectivity index (χ4n) is 3.08. The third kappa shape index (κ3) is 3.60. The first-order valence-corrected chi connectivity index (χ1v) is 9.13. The van der Waals surface area contributed by atoms with E-state index in [0.29, 0.717) is 28.6 Å². The summed E-state index contributed by atoms with van der Waals surface area (Å²) in [5.74, 6) is -0.907. The Kier molecular flexibility index (Phi) is 5.44. The van der Waals surface area contributed by atoms with Gasteiger partial charge in [0.05, 0.1) is 10.9 Å². The van der Waals surface area contributed by atoms with E-state index >= 15 is 0 Å². The summed E-state index contributed by atoms with van der Waals surface area (Å²) in [6.07, 6.45) is 0.600. The van der Waals surface area contributed by atoms with Crippen molar-refractivity contribution in [1.29, 1.82) is 0 Å². The van der Waals surface area contributed by atoms with E-state index in [-0.39, 0.29) is 18.1 Å². The van der Waals surface area contributed by atoms with Crippen LogP contribution in [0.4, 0.5) is 10.1 Å². The van der Waals surface area contributed by atoms with E-state index in [4.69, 9.17) is 0 Å². The van der Waals surface area contributed by atoms with Crippen molar-refractivity contribution in [3.8, 4) is 0 Å². The molecular weight excluding hydrogens is 361 g/mol. The minimum Gasteiger partial charge on any atom is -0.324 e. The number of carbonyl (C=O) groups is 1. The lowest BCUT2D eigenvalue weighted by atomic mass is 10.2. The number of halogens is 1. The largest absolute Gasteiger partial charge is 0.332 e. The van der Waals surface area contributed by atoms with Crippen molar-refractivity contribution < 1.29 is 9.18 Å². The van der Waals surface area contributed by atoms with E-state index in [0.717, 1.165) is 0 Å². The van der Waals surface area contributed by atoms with E-state index in [9.17, 15) is 18.8 Å². The zero-order valence-electron chi connectivity index (χ0n) is 16.0. The molecule has 3 aromatic rings. The van der Waals surface area contributed by atoms with Crippen LogP contribution in [0.15, 0.2) is 52.1 Å². The van der Waals surface area contributed by atoms with Crippen LogP contribution < -0.4 is 16.6 Å². The summed E-state index contributed by atoms with van der Waals surface area (Å²) in [6, 6.07) is 10.8. The van der Waals surface area contributed by atoms with Gasteiger partial charge in [-0.15, -0.1) is 0 Å². The van der Waals surface area contributed by atoms with Crippen LogP contribution >= 0.6 is 0 Å². The first-order chi connectivity index (χ1) is 13.3. The summed E-state index contributed by atoms with van der Waals surface area (Å²) in [7, 11) is 0. The van der Waals surface area contributed by atoms with E-state index in [1.807, 2.05) is 6.92 Å². The maximum atomic E-state index is 13.7. The van der Waals surface area contributed by atoms with Gasteiger partial charge in [-0.1, -0.05) is 25.1 Å². The Morgan fingerprint density at radius 3 is 2.57 bits per heavy atom. The third-order valence-electron chi connectivity index (χ3n) is 4.87. The lowest BCUT2D eigenvalue weighted by Gasteiger charge is -2.17.